The number of anilines is 2. The van der Waals surface area contributed by atoms with E-state index in [2.05, 4.69) is 38.3 Å². The molecule has 154 valence electrons. The number of hydrogen-bond donors (Lipinski definition) is 2. The summed E-state index contributed by atoms with van der Waals surface area (Å²) >= 11 is 0. The molecule has 3 rings (SSSR count). The van der Waals surface area contributed by atoms with Gasteiger partial charge in [-0.15, -0.1) is 0 Å². The molecule has 0 unspecified atom stereocenters. The average molecular weight is 387 g/mol. The van der Waals surface area contributed by atoms with Crippen LogP contribution in [0.2, 0.25) is 0 Å². The summed E-state index contributed by atoms with van der Waals surface area (Å²) < 4.78 is 0. The van der Waals surface area contributed by atoms with Gasteiger partial charge in [-0.25, -0.2) is 9.59 Å². The third-order valence-corrected chi connectivity index (χ3v) is 6.66. The predicted molar refractivity (Wildman–Crippen MR) is 114 cm³/mol. The molecule has 6 heteroatoms. The van der Waals surface area contributed by atoms with Crippen LogP contribution in [0.15, 0.2) is 24.3 Å². The number of nitrogens with one attached hydrogen (secondary N) is 2. The number of amides is 4. The van der Waals surface area contributed by atoms with Crippen molar-refractivity contribution in [2.24, 2.45) is 11.8 Å². The quantitative estimate of drug-likeness (QED) is 0.752. The van der Waals surface area contributed by atoms with E-state index in [4.69, 9.17) is 0 Å². The smallest absolute Gasteiger partial charge is 0.322 e. The number of rotatable bonds is 2. The maximum Gasteiger partial charge on any atom is 0.322 e. The second-order valence-electron chi connectivity index (χ2n) is 8.54. The third-order valence-electron chi connectivity index (χ3n) is 6.66. The topological polar surface area (TPSA) is 64.7 Å². The Kier molecular flexibility index (Phi) is 6.47. The Hall–Kier alpha value is -2.24. The van der Waals surface area contributed by atoms with Crippen molar-refractivity contribution in [3.8, 4) is 0 Å². The highest BCUT2D eigenvalue weighted by Gasteiger charge is 2.29. The van der Waals surface area contributed by atoms with E-state index in [-0.39, 0.29) is 24.1 Å². The molecule has 2 fully saturated rings. The second-order valence-corrected chi connectivity index (χ2v) is 8.54. The van der Waals surface area contributed by atoms with Gasteiger partial charge in [-0.1, -0.05) is 13.8 Å². The summed E-state index contributed by atoms with van der Waals surface area (Å²) in [6.07, 6.45) is 4.45. The molecule has 2 aliphatic rings. The Balaban J connectivity index is 1.56. The SMILES string of the molecule is C[C@@H]1CCCN(C(=O)Nc2ccc(NC(=O)N3CCC[C@H](C)[C@H]3C)cc2)[C@H]1C. The van der Waals surface area contributed by atoms with Gasteiger partial charge in [0.2, 0.25) is 0 Å². The van der Waals surface area contributed by atoms with Crippen LogP contribution < -0.4 is 10.6 Å². The van der Waals surface area contributed by atoms with Crippen LogP contribution in [0.5, 0.6) is 0 Å². The lowest BCUT2D eigenvalue weighted by molar-refractivity contribution is 0.138. The molecule has 0 saturated carbocycles. The highest BCUT2D eigenvalue weighted by Crippen LogP contribution is 2.25. The van der Waals surface area contributed by atoms with Crippen LogP contribution in [-0.4, -0.2) is 47.0 Å². The molecule has 2 heterocycles. The predicted octanol–water partition coefficient (Wildman–Crippen LogP) is 4.99. The monoisotopic (exact) mass is 386 g/mol. The fraction of sp³-hybridized carbons (Fsp3) is 0.636. The third kappa shape index (κ3) is 4.59. The zero-order chi connectivity index (χ0) is 20.3. The summed E-state index contributed by atoms with van der Waals surface area (Å²) in [5, 5.41) is 5.97. The molecule has 0 aliphatic carbocycles. The first-order valence-electron chi connectivity index (χ1n) is 10.6. The lowest BCUT2D eigenvalue weighted by Crippen LogP contribution is -2.48. The van der Waals surface area contributed by atoms with Gasteiger partial charge >= 0.3 is 12.1 Å². The number of hydrogen-bond acceptors (Lipinski definition) is 2. The van der Waals surface area contributed by atoms with E-state index in [9.17, 15) is 9.59 Å². The number of carbonyl (C=O) groups excluding carboxylic acids is 2. The Labute approximate surface area is 168 Å². The molecule has 0 radical (unpaired) electrons. The van der Waals surface area contributed by atoms with Crippen molar-refractivity contribution < 1.29 is 9.59 Å². The average Bonchev–Trinajstić information content (AvgIpc) is 2.67. The Bertz CT molecular complexity index is 631. The second kappa shape index (κ2) is 8.84. The van der Waals surface area contributed by atoms with E-state index in [1.54, 1.807) is 0 Å². The van der Waals surface area contributed by atoms with Gasteiger partial charge in [-0.3, -0.25) is 0 Å². The number of carbonyl (C=O) groups is 2. The van der Waals surface area contributed by atoms with Gasteiger partial charge in [0.05, 0.1) is 0 Å². The number of piperidine rings is 2. The van der Waals surface area contributed by atoms with Gasteiger partial charge in [0.25, 0.3) is 0 Å². The van der Waals surface area contributed by atoms with Gasteiger partial charge in [-0.05, 0) is 75.6 Å². The van der Waals surface area contributed by atoms with Crippen molar-refractivity contribution in [3.05, 3.63) is 24.3 Å². The van der Waals surface area contributed by atoms with Gasteiger partial charge in [0.15, 0.2) is 0 Å². The first kappa shape index (κ1) is 20.5. The van der Waals surface area contributed by atoms with E-state index >= 15 is 0 Å². The molecule has 0 spiro atoms. The molecule has 2 saturated heterocycles. The highest BCUT2D eigenvalue weighted by atomic mass is 16.2. The molecule has 0 aromatic heterocycles. The van der Waals surface area contributed by atoms with Crippen molar-refractivity contribution in [1.29, 1.82) is 0 Å². The molecule has 4 amide bonds. The first-order valence-corrected chi connectivity index (χ1v) is 10.6. The van der Waals surface area contributed by atoms with Crippen LogP contribution in [0.1, 0.15) is 53.4 Å². The van der Waals surface area contributed by atoms with Crippen LogP contribution >= 0.6 is 0 Å². The van der Waals surface area contributed by atoms with Crippen molar-refractivity contribution in [2.75, 3.05) is 23.7 Å². The standard InChI is InChI=1S/C22H34N4O2/c1-15-7-5-13-25(17(15)3)21(27)23-19-9-11-20(12-10-19)24-22(28)26-14-6-8-16(2)18(26)4/h9-12,15-18H,5-8,13-14H2,1-4H3,(H,23,27)(H,24,28)/t15-,16+,17+,18-. The fourth-order valence-electron chi connectivity index (χ4n) is 4.27. The minimum atomic E-state index is -0.0491. The molecule has 1 aromatic rings. The largest absolute Gasteiger partial charge is 0.322 e. The summed E-state index contributed by atoms with van der Waals surface area (Å²) in [4.78, 5) is 29.0. The molecular weight excluding hydrogens is 352 g/mol. The summed E-state index contributed by atoms with van der Waals surface area (Å²) in [7, 11) is 0. The molecule has 28 heavy (non-hydrogen) atoms. The molecule has 6 nitrogen and oxygen atoms in total. The zero-order valence-electron chi connectivity index (χ0n) is 17.6. The summed E-state index contributed by atoms with van der Waals surface area (Å²) in [6, 6.07) is 7.77. The van der Waals surface area contributed by atoms with E-state index in [1.165, 1.54) is 12.8 Å². The van der Waals surface area contributed by atoms with Crippen LogP contribution in [0.4, 0.5) is 21.0 Å². The maximum atomic E-state index is 12.6. The summed E-state index contributed by atoms with van der Waals surface area (Å²) in [5.41, 5.74) is 1.49. The van der Waals surface area contributed by atoms with Gasteiger partial charge in [-0.2, -0.15) is 0 Å². The van der Waals surface area contributed by atoms with E-state index in [0.717, 1.165) is 37.3 Å². The van der Waals surface area contributed by atoms with Crippen LogP contribution in [0, 0.1) is 11.8 Å². The number of likely N-dealkylation sites (tertiary alicyclic amines) is 2. The van der Waals surface area contributed by atoms with Gasteiger partial charge in [0.1, 0.15) is 0 Å². The first-order chi connectivity index (χ1) is 13.4. The number of nitrogens with zero attached hydrogens (tertiary/aromatic N) is 2. The van der Waals surface area contributed by atoms with Crippen LogP contribution in [0.25, 0.3) is 0 Å². The lowest BCUT2D eigenvalue weighted by atomic mass is 9.92. The van der Waals surface area contributed by atoms with Crippen LogP contribution in [0.3, 0.4) is 0 Å². The van der Waals surface area contributed by atoms with Crippen molar-refractivity contribution in [1.82, 2.24) is 9.80 Å². The Morgan fingerprint density at radius 1 is 0.750 bits per heavy atom. The van der Waals surface area contributed by atoms with E-state index in [1.807, 2.05) is 34.1 Å². The van der Waals surface area contributed by atoms with Crippen molar-refractivity contribution >= 4 is 23.4 Å². The highest BCUT2D eigenvalue weighted by molar-refractivity contribution is 5.92. The normalized spacial score (nSPS) is 28.0. The number of benzene rings is 1. The fourth-order valence-corrected chi connectivity index (χ4v) is 4.27. The summed E-state index contributed by atoms with van der Waals surface area (Å²) in [5.74, 6) is 1.05. The molecule has 2 aliphatic heterocycles. The Morgan fingerprint density at radius 3 is 1.46 bits per heavy atom. The Morgan fingerprint density at radius 2 is 1.11 bits per heavy atom. The molecule has 1 aromatic carbocycles. The number of urea groups is 2. The molecule has 4 atom stereocenters. The van der Waals surface area contributed by atoms with Crippen LogP contribution in [-0.2, 0) is 0 Å². The zero-order valence-corrected chi connectivity index (χ0v) is 17.6. The van der Waals surface area contributed by atoms with E-state index < -0.39 is 0 Å². The maximum absolute atomic E-state index is 12.6. The van der Waals surface area contributed by atoms with Gasteiger partial charge < -0.3 is 20.4 Å². The lowest BCUT2D eigenvalue weighted by Gasteiger charge is -2.38. The molecular formula is C22H34N4O2. The minimum absolute atomic E-state index is 0.0491. The van der Waals surface area contributed by atoms with Crippen molar-refractivity contribution in [2.45, 2.75) is 65.5 Å². The molecule has 0 bridgehead atoms. The minimum Gasteiger partial charge on any atom is -0.322 e. The molecule has 2 N–H and O–H groups in total. The van der Waals surface area contributed by atoms with E-state index in [0.29, 0.717) is 11.8 Å². The van der Waals surface area contributed by atoms with Crippen molar-refractivity contribution in [3.63, 3.8) is 0 Å². The van der Waals surface area contributed by atoms with Gasteiger partial charge in [0, 0.05) is 36.5 Å². The summed E-state index contributed by atoms with van der Waals surface area (Å²) in [6.45, 7) is 10.2.